The van der Waals surface area contributed by atoms with Crippen molar-refractivity contribution in [2.75, 3.05) is 0 Å². The Morgan fingerprint density at radius 1 is 1.22 bits per heavy atom. The van der Waals surface area contributed by atoms with Crippen LogP contribution in [0.15, 0.2) is 36.9 Å². The van der Waals surface area contributed by atoms with Gasteiger partial charge < -0.3 is 5.11 Å². The molecule has 18 heavy (non-hydrogen) atoms. The van der Waals surface area contributed by atoms with Gasteiger partial charge in [-0.15, -0.1) is 0 Å². The second-order valence-corrected chi connectivity index (χ2v) is 3.66. The minimum Gasteiger partial charge on any atom is -0.492 e. The smallest absolute Gasteiger partial charge is 0.230 e. The molecule has 3 aromatic heterocycles. The van der Waals surface area contributed by atoms with Crippen molar-refractivity contribution in [3.63, 3.8) is 0 Å². The molecule has 0 unspecified atom stereocenters. The van der Waals surface area contributed by atoms with Crippen molar-refractivity contribution < 1.29 is 5.11 Å². The Labute approximate surface area is 102 Å². The van der Waals surface area contributed by atoms with E-state index in [0.29, 0.717) is 22.6 Å². The molecule has 0 saturated carbocycles. The third-order valence-electron chi connectivity index (χ3n) is 2.52. The zero-order valence-corrected chi connectivity index (χ0v) is 9.15. The van der Waals surface area contributed by atoms with Crippen molar-refractivity contribution in [1.82, 2.24) is 19.4 Å². The van der Waals surface area contributed by atoms with Gasteiger partial charge in [-0.1, -0.05) is 0 Å². The van der Waals surface area contributed by atoms with Crippen LogP contribution in [-0.4, -0.2) is 24.5 Å². The molecule has 0 atom stereocenters. The molecular formula is C12H7N5O. The van der Waals surface area contributed by atoms with Gasteiger partial charge in [0.15, 0.2) is 0 Å². The van der Waals surface area contributed by atoms with Crippen molar-refractivity contribution in [1.29, 1.82) is 5.26 Å². The van der Waals surface area contributed by atoms with Gasteiger partial charge in [0.25, 0.3) is 0 Å². The normalized spacial score (nSPS) is 10.4. The fourth-order valence-electron chi connectivity index (χ4n) is 1.72. The van der Waals surface area contributed by atoms with Gasteiger partial charge in [-0.05, 0) is 12.1 Å². The van der Waals surface area contributed by atoms with Gasteiger partial charge in [0.2, 0.25) is 5.88 Å². The quantitative estimate of drug-likeness (QED) is 0.690. The summed E-state index contributed by atoms with van der Waals surface area (Å²) < 4.78 is 1.74. The first-order valence-corrected chi connectivity index (χ1v) is 5.16. The molecule has 0 bridgehead atoms. The maximum absolute atomic E-state index is 9.33. The van der Waals surface area contributed by atoms with Crippen LogP contribution in [0.5, 0.6) is 5.88 Å². The highest BCUT2D eigenvalue weighted by Gasteiger charge is 2.08. The van der Waals surface area contributed by atoms with Crippen LogP contribution < -0.4 is 0 Å². The largest absolute Gasteiger partial charge is 0.492 e. The fourth-order valence-corrected chi connectivity index (χ4v) is 1.72. The minimum absolute atomic E-state index is 0.154. The number of hydrogen-bond donors (Lipinski definition) is 1. The van der Waals surface area contributed by atoms with Crippen LogP contribution in [0.3, 0.4) is 0 Å². The average molecular weight is 237 g/mol. The molecule has 6 heteroatoms. The van der Waals surface area contributed by atoms with E-state index >= 15 is 0 Å². The molecule has 3 rings (SSSR count). The molecule has 0 radical (unpaired) electrons. The van der Waals surface area contributed by atoms with Crippen molar-refractivity contribution in [2.45, 2.75) is 0 Å². The standard InChI is InChI=1S/C12H7N5O/c13-3-8-1-2-11-15-5-10(17(11)7-8)9-4-14-6-12(18)16-9/h1-2,4-7H,(H,16,18). The molecule has 86 valence electrons. The second kappa shape index (κ2) is 3.82. The second-order valence-electron chi connectivity index (χ2n) is 3.66. The number of aromatic nitrogens is 4. The van der Waals surface area contributed by atoms with E-state index in [0.717, 1.165) is 0 Å². The van der Waals surface area contributed by atoms with E-state index in [1.54, 1.807) is 28.9 Å². The molecule has 6 nitrogen and oxygen atoms in total. The molecule has 0 amide bonds. The Hall–Kier alpha value is -2.94. The van der Waals surface area contributed by atoms with E-state index in [-0.39, 0.29) is 5.88 Å². The number of fused-ring (bicyclic) bond motifs is 1. The molecule has 0 aliphatic carbocycles. The first-order valence-electron chi connectivity index (χ1n) is 5.16. The van der Waals surface area contributed by atoms with Gasteiger partial charge in [0.05, 0.1) is 29.8 Å². The number of pyridine rings is 1. The molecule has 0 saturated heterocycles. The number of nitriles is 1. The van der Waals surface area contributed by atoms with Gasteiger partial charge >= 0.3 is 0 Å². The third-order valence-corrected chi connectivity index (χ3v) is 2.52. The highest BCUT2D eigenvalue weighted by molar-refractivity contribution is 5.60. The van der Waals surface area contributed by atoms with E-state index < -0.39 is 0 Å². The molecule has 0 fully saturated rings. The summed E-state index contributed by atoms with van der Waals surface area (Å²) in [5, 5.41) is 18.2. The molecule has 3 aromatic rings. The van der Waals surface area contributed by atoms with Gasteiger partial charge in [-0.3, -0.25) is 9.38 Å². The van der Waals surface area contributed by atoms with Crippen LogP contribution >= 0.6 is 0 Å². The molecule has 0 aromatic carbocycles. The SMILES string of the molecule is N#Cc1ccc2ncc(-c3cncc(O)n3)n2c1. The van der Waals surface area contributed by atoms with E-state index in [4.69, 9.17) is 5.26 Å². The van der Waals surface area contributed by atoms with Crippen LogP contribution in [0, 0.1) is 11.3 Å². The number of hydrogen-bond acceptors (Lipinski definition) is 5. The monoisotopic (exact) mass is 237 g/mol. The summed E-state index contributed by atoms with van der Waals surface area (Å²) >= 11 is 0. The molecule has 1 N–H and O–H groups in total. The highest BCUT2D eigenvalue weighted by Crippen LogP contribution is 2.20. The van der Waals surface area contributed by atoms with Crippen molar-refractivity contribution >= 4 is 5.65 Å². The number of imidazole rings is 1. The zero-order chi connectivity index (χ0) is 12.5. The van der Waals surface area contributed by atoms with Crippen LogP contribution in [0.25, 0.3) is 17.0 Å². The highest BCUT2D eigenvalue weighted by atomic mass is 16.3. The van der Waals surface area contributed by atoms with Crippen LogP contribution in [0.2, 0.25) is 0 Å². The van der Waals surface area contributed by atoms with Crippen molar-refractivity contribution in [3.05, 3.63) is 42.5 Å². The maximum Gasteiger partial charge on any atom is 0.230 e. The molecule has 3 heterocycles. The number of aromatic hydroxyl groups is 1. The Morgan fingerprint density at radius 2 is 2.11 bits per heavy atom. The predicted octanol–water partition coefficient (Wildman–Crippen LogP) is 1.37. The number of rotatable bonds is 1. The van der Waals surface area contributed by atoms with Crippen LogP contribution in [0.1, 0.15) is 5.56 Å². The summed E-state index contributed by atoms with van der Waals surface area (Å²) in [6, 6.07) is 5.51. The Kier molecular flexibility index (Phi) is 2.17. The van der Waals surface area contributed by atoms with E-state index in [2.05, 4.69) is 21.0 Å². The van der Waals surface area contributed by atoms with E-state index in [9.17, 15) is 5.11 Å². The van der Waals surface area contributed by atoms with Crippen molar-refractivity contribution in [3.8, 4) is 23.3 Å². The summed E-state index contributed by atoms with van der Waals surface area (Å²) in [5.74, 6) is -0.154. The lowest BCUT2D eigenvalue weighted by Crippen LogP contribution is -1.92. The van der Waals surface area contributed by atoms with Crippen LogP contribution in [0.4, 0.5) is 0 Å². The fraction of sp³-hybridized carbons (Fsp3) is 0. The molecule has 0 spiro atoms. The van der Waals surface area contributed by atoms with E-state index in [1.807, 2.05) is 0 Å². The summed E-state index contributed by atoms with van der Waals surface area (Å²) in [6.45, 7) is 0. The number of nitrogens with zero attached hydrogens (tertiary/aromatic N) is 5. The Morgan fingerprint density at radius 3 is 2.89 bits per heavy atom. The summed E-state index contributed by atoms with van der Waals surface area (Å²) in [4.78, 5) is 12.0. The van der Waals surface area contributed by atoms with Gasteiger partial charge in [-0.2, -0.15) is 5.26 Å². The predicted molar refractivity (Wildman–Crippen MR) is 62.6 cm³/mol. The van der Waals surface area contributed by atoms with Gasteiger partial charge in [-0.25, -0.2) is 9.97 Å². The topological polar surface area (TPSA) is 87.1 Å². The summed E-state index contributed by atoms with van der Waals surface area (Å²) in [7, 11) is 0. The molecule has 0 aliphatic heterocycles. The lowest BCUT2D eigenvalue weighted by atomic mass is 10.3. The average Bonchev–Trinajstić information content (AvgIpc) is 2.81. The molecule has 0 aliphatic rings. The van der Waals surface area contributed by atoms with Gasteiger partial charge in [0.1, 0.15) is 17.4 Å². The maximum atomic E-state index is 9.33. The zero-order valence-electron chi connectivity index (χ0n) is 9.15. The molecular weight excluding hydrogens is 230 g/mol. The Balaban J connectivity index is 2.27. The van der Waals surface area contributed by atoms with Crippen molar-refractivity contribution in [2.24, 2.45) is 0 Å². The Bertz CT molecular complexity index is 771. The van der Waals surface area contributed by atoms with Gasteiger partial charge in [0, 0.05) is 6.20 Å². The lowest BCUT2D eigenvalue weighted by Gasteiger charge is -2.01. The first-order chi connectivity index (χ1) is 8.78. The lowest BCUT2D eigenvalue weighted by molar-refractivity contribution is 0.451. The first kappa shape index (κ1) is 10.2. The minimum atomic E-state index is -0.154. The van der Waals surface area contributed by atoms with Crippen LogP contribution in [-0.2, 0) is 0 Å². The summed E-state index contributed by atoms with van der Waals surface area (Å²) in [5.41, 5.74) is 2.40. The summed E-state index contributed by atoms with van der Waals surface area (Å²) in [6.07, 6.45) is 6.08. The third kappa shape index (κ3) is 1.55. The van der Waals surface area contributed by atoms with E-state index in [1.165, 1.54) is 12.4 Å².